The highest BCUT2D eigenvalue weighted by Gasteiger charge is 2.20. The second-order valence-electron chi connectivity index (χ2n) is 6.83. The zero-order chi connectivity index (χ0) is 20.4. The Balaban J connectivity index is 1.52. The van der Waals surface area contributed by atoms with Gasteiger partial charge in [-0.05, 0) is 48.4 Å². The fraction of sp³-hybridized carbons (Fsp3) is 0.182. The highest BCUT2D eigenvalue weighted by Crippen LogP contribution is 2.30. The first-order valence-electron chi connectivity index (χ1n) is 9.20. The van der Waals surface area contributed by atoms with Gasteiger partial charge in [0.2, 0.25) is 5.95 Å². The topological polar surface area (TPSA) is 83.1 Å². The van der Waals surface area contributed by atoms with E-state index in [1.165, 1.54) is 0 Å². The van der Waals surface area contributed by atoms with Gasteiger partial charge in [-0.3, -0.25) is 0 Å². The number of fused-ring (bicyclic) bond motifs is 1. The van der Waals surface area contributed by atoms with Crippen LogP contribution in [0.5, 0.6) is 5.75 Å². The van der Waals surface area contributed by atoms with E-state index < -0.39 is 12.1 Å². The lowest BCUT2D eigenvalue weighted by Gasteiger charge is -2.13. The molecule has 0 aliphatic rings. The summed E-state index contributed by atoms with van der Waals surface area (Å²) in [5.41, 5.74) is 3.30. The molecule has 4 rings (SSSR count). The van der Waals surface area contributed by atoms with Crippen LogP contribution in [-0.4, -0.2) is 27.2 Å². The summed E-state index contributed by atoms with van der Waals surface area (Å²) in [7, 11) is 1.61. The summed E-state index contributed by atoms with van der Waals surface area (Å²) in [4.78, 5) is 11.3. The quantitative estimate of drug-likeness (QED) is 0.430. The van der Waals surface area contributed by atoms with Crippen LogP contribution in [0.1, 0.15) is 28.4 Å². The molecule has 3 aromatic heterocycles. The molecule has 7 heteroatoms. The Morgan fingerprint density at radius 2 is 1.97 bits per heavy atom. The average Bonchev–Trinajstić information content (AvgIpc) is 3.15. The number of methoxy groups -OCH3 is 1. The number of nitrogens with zero attached hydrogens (tertiary/aromatic N) is 2. The zero-order valence-electron chi connectivity index (χ0n) is 16.1. The van der Waals surface area contributed by atoms with Gasteiger partial charge in [0.1, 0.15) is 23.3 Å². The summed E-state index contributed by atoms with van der Waals surface area (Å²) in [6, 6.07) is 12.7. The molecule has 3 N–H and O–H groups in total. The van der Waals surface area contributed by atoms with E-state index in [1.54, 1.807) is 31.6 Å². The number of anilines is 1. The number of hydrogen-bond donors (Lipinski definition) is 3. The predicted molar refractivity (Wildman–Crippen MR) is 109 cm³/mol. The molecule has 0 aliphatic carbocycles. The van der Waals surface area contributed by atoms with Crippen LogP contribution >= 0.6 is 0 Å². The van der Waals surface area contributed by atoms with Gasteiger partial charge in [0, 0.05) is 35.5 Å². The van der Waals surface area contributed by atoms with Crippen LogP contribution < -0.4 is 10.1 Å². The maximum Gasteiger partial charge on any atom is 0.220 e. The number of aliphatic hydroxyl groups excluding tert-OH is 1. The average molecular weight is 392 g/mol. The van der Waals surface area contributed by atoms with Crippen molar-refractivity contribution in [1.29, 1.82) is 0 Å². The van der Waals surface area contributed by atoms with Gasteiger partial charge in [-0.1, -0.05) is 12.1 Å². The number of hydrogen-bond acceptors (Lipinski definition) is 5. The minimum atomic E-state index is -1.14. The molecule has 0 radical (unpaired) electrons. The third-order valence-corrected chi connectivity index (χ3v) is 4.80. The zero-order valence-corrected chi connectivity index (χ0v) is 16.1. The molecule has 1 aromatic carbocycles. The number of H-pyrrole nitrogens is 1. The van der Waals surface area contributed by atoms with Crippen LogP contribution in [0.25, 0.3) is 11.0 Å². The highest BCUT2D eigenvalue weighted by atomic mass is 19.1. The van der Waals surface area contributed by atoms with Crippen LogP contribution in [0.15, 0.2) is 54.9 Å². The molecular weight excluding hydrogens is 371 g/mol. The summed E-state index contributed by atoms with van der Waals surface area (Å²) in [5.74, 6) is 0.455. The van der Waals surface area contributed by atoms with Gasteiger partial charge in [0.25, 0.3) is 0 Å². The van der Waals surface area contributed by atoms with Gasteiger partial charge in [-0.25, -0.2) is 9.97 Å². The molecule has 3 heterocycles. The predicted octanol–water partition coefficient (Wildman–Crippen LogP) is 4.11. The van der Waals surface area contributed by atoms with Crippen molar-refractivity contribution >= 4 is 16.9 Å². The first kappa shape index (κ1) is 18.9. The number of aliphatic hydroxyl groups is 1. The lowest BCUT2D eigenvalue weighted by Crippen LogP contribution is -2.07. The molecule has 0 bridgehead atoms. The van der Waals surface area contributed by atoms with Crippen molar-refractivity contribution in [2.75, 3.05) is 12.4 Å². The molecule has 0 amide bonds. The Hall–Kier alpha value is -3.45. The third-order valence-electron chi connectivity index (χ3n) is 4.80. The molecular formula is C22H21FN4O2. The van der Waals surface area contributed by atoms with E-state index in [0.29, 0.717) is 23.6 Å². The minimum absolute atomic E-state index is 0.113. The second kappa shape index (κ2) is 7.89. The van der Waals surface area contributed by atoms with Crippen LogP contribution in [0.4, 0.5) is 10.2 Å². The second-order valence-corrected chi connectivity index (χ2v) is 6.83. The number of aromatic nitrogens is 3. The smallest absolute Gasteiger partial charge is 0.220 e. The van der Waals surface area contributed by atoms with Crippen LogP contribution in [0.3, 0.4) is 0 Å². The molecule has 0 saturated heterocycles. The molecule has 0 spiro atoms. The number of pyridine rings is 2. The first-order chi connectivity index (χ1) is 14.0. The van der Waals surface area contributed by atoms with E-state index in [4.69, 9.17) is 4.74 Å². The molecule has 4 aromatic rings. The van der Waals surface area contributed by atoms with E-state index in [9.17, 15) is 9.50 Å². The van der Waals surface area contributed by atoms with E-state index >= 15 is 0 Å². The normalized spacial score (nSPS) is 12.1. The molecule has 29 heavy (non-hydrogen) atoms. The van der Waals surface area contributed by atoms with Crippen molar-refractivity contribution in [3.05, 3.63) is 83.1 Å². The molecule has 0 saturated carbocycles. The molecule has 6 nitrogen and oxygen atoms in total. The molecule has 0 fully saturated rings. The fourth-order valence-electron chi connectivity index (χ4n) is 3.21. The first-order valence-corrected chi connectivity index (χ1v) is 9.20. The molecule has 1 unspecified atom stereocenters. The Morgan fingerprint density at radius 1 is 1.17 bits per heavy atom. The number of nitrogens with one attached hydrogen (secondary N) is 2. The van der Waals surface area contributed by atoms with E-state index in [-0.39, 0.29) is 5.56 Å². The summed E-state index contributed by atoms with van der Waals surface area (Å²) in [6.45, 7) is 2.41. The van der Waals surface area contributed by atoms with Gasteiger partial charge >= 0.3 is 0 Å². The number of aryl methyl sites for hydroxylation is 1. The number of aromatic amines is 1. The number of rotatable bonds is 6. The lowest BCUT2D eigenvalue weighted by molar-refractivity contribution is 0.215. The summed E-state index contributed by atoms with van der Waals surface area (Å²) in [6.07, 6.45) is 2.24. The Morgan fingerprint density at radius 3 is 2.69 bits per heavy atom. The third kappa shape index (κ3) is 3.90. The van der Waals surface area contributed by atoms with Crippen molar-refractivity contribution < 1.29 is 14.2 Å². The maximum absolute atomic E-state index is 14.6. The number of halogens is 1. The Labute approximate surface area is 167 Å². The minimum Gasteiger partial charge on any atom is -0.497 e. The van der Waals surface area contributed by atoms with Gasteiger partial charge in [0.15, 0.2) is 0 Å². The van der Waals surface area contributed by atoms with Gasteiger partial charge < -0.3 is 20.1 Å². The summed E-state index contributed by atoms with van der Waals surface area (Å²) in [5, 5.41) is 14.6. The van der Waals surface area contributed by atoms with Crippen molar-refractivity contribution in [1.82, 2.24) is 15.0 Å². The van der Waals surface area contributed by atoms with Gasteiger partial charge in [-0.15, -0.1) is 0 Å². The molecule has 0 aliphatic heterocycles. The maximum atomic E-state index is 14.6. The Kier molecular flexibility index (Phi) is 5.14. The van der Waals surface area contributed by atoms with E-state index in [2.05, 4.69) is 20.3 Å². The van der Waals surface area contributed by atoms with Crippen molar-refractivity contribution in [3.8, 4) is 5.75 Å². The Bertz CT molecular complexity index is 1140. The molecule has 1 atom stereocenters. The number of ether oxygens (including phenoxy) is 1. The largest absolute Gasteiger partial charge is 0.497 e. The van der Waals surface area contributed by atoms with Crippen LogP contribution in [0.2, 0.25) is 0 Å². The fourth-order valence-corrected chi connectivity index (χ4v) is 3.21. The number of benzene rings is 1. The van der Waals surface area contributed by atoms with Crippen LogP contribution in [-0.2, 0) is 6.54 Å². The van der Waals surface area contributed by atoms with E-state index in [1.807, 2.05) is 37.3 Å². The van der Waals surface area contributed by atoms with Crippen molar-refractivity contribution in [3.63, 3.8) is 0 Å². The summed E-state index contributed by atoms with van der Waals surface area (Å²) < 4.78 is 19.8. The standard InChI is InChI=1S/C22H21FN4O2/c1-13-9-17-18(12-26-22(17)25-10-13)20(28)16-7-8-19(27-21(16)23)24-11-14-3-5-15(29-2)6-4-14/h3-10,12,20,28H,11H2,1-2H3,(H,24,27)(H,25,26). The van der Waals surface area contributed by atoms with Crippen LogP contribution in [0, 0.1) is 12.9 Å². The van der Waals surface area contributed by atoms with Crippen molar-refractivity contribution in [2.45, 2.75) is 19.6 Å². The molecule has 148 valence electrons. The summed E-state index contributed by atoms with van der Waals surface area (Å²) >= 11 is 0. The lowest BCUT2D eigenvalue weighted by atomic mass is 10.0. The SMILES string of the molecule is COc1ccc(CNc2ccc(C(O)c3c[nH]c4ncc(C)cc34)c(F)n2)cc1. The van der Waals surface area contributed by atoms with Crippen molar-refractivity contribution in [2.24, 2.45) is 0 Å². The van der Waals surface area contributed by atoms with Gasteiger partial charge in [0.05, 0.1) is 7.11 Å². The highest BCUT2D eigenvalue weighted by molar-refractivity contribution is 5.81. The monoisotopic (exact) mass is 392 g/mol. The van der Waals surface area contributed by atoms with Gasteiger partial charge in [-0.2, -0.15) is 4.39 Å². The van der Waals surface area contributed by atoms with E-state index in [0.717, 1.165) is 22.3 Å².